The molecule has 30 heavy (non-hydrogen) atoms. The van der Waals surface area contributed by atoms with Crippen LogP contribution in [0.5, 0.6) is 0 Å². The molecule has 7 nitrogen and oxygen atoms in total. The number of carbonyl (C=O) groups excluding carboxylic acids is 3. The summed E-state index contributed by atoms with van der Waals surface area (Å²) < 4.78 is 0. The summed E-state index contributed by atoms with van der Waals surface area (Å²) in [5.74, 6) is -0.165. The largest absolute Gasteiger partial charge is 0.322 e. The van der Waals surface area contributed by atoms with Gasteiger partial charge in [0.15, 0.2) is 13.1 Å². The van der Waals surface area contributed by atoms with Crippen LogP contribution in [0.3, 0.4) is 0 Å². The summed E-state index contributed by atoms with van der Waals surface area (Å²) >= 11 is 0. The summed E-state index contributed by atoms with van der Waals surface area (Å²) in [6, 6.07) is 13.1. The standard InChI is InChI=1S/C23H28N4O3/c1-16-6-4-7-20(17(16)2)25-22(29)15-26(3)14-21(28)24-18-9-11-19(12-10-18)27-13-5-8-23(27)30/h4,6-7,9-12H,5,8,13-15H2,1-3H3,(H,24,28)(H,25,29)/p+1. The first-order valence-corrected chi connectivity index (χ1v) is 10.2. The topological polar surface area (TPSA) is 82.9 Å². The van der Waals surface area contributed by atoms with Crippen LogP contribution in [0.1, 0.15) is 24.0 Å². The fourth-order valence-electron chi connectivity index (χ4n) is 3.54. The quantitative estimate of drug-likeness (QED) is 0.649. The number of amides is 3. The summed E-state index contributed by atoms with van der Waals surface area (Å²) in [5, 5.41) is 5.76. The zero-order valence-corrected chi connectivity index (χ0v) is 17.7. The Morgan fingerprint density at radius 3 is 2.30 bits per heavy atom. The minimum Gasteiger partial charge on any atom is -0.322 e. The van der Waals surface area contributed by atoms with Crippen molar-refractivity contribution in [2.75, 3.05) is 42.2 Å². The molecule has 158 valence electrons. The summed E-state index contributed by atoms with van der Waals surface area (Å²) in [4.78, 5) is 39.0. The summed E-state index contributed by atoms with van der Waals surface area (Å²) in [6.07, 6.45) is 1.47. The lowest BCUT2D eigenvalue weighted by atomic mass is 10.1. The zero-order valence-electron chi connectivity index (χ0n) is 17.7. The maximum atomic E-state index is 12.3. The Hall–Kier alpha value is -3.19. The van der Waals surface area contributed by atoms with Crippen LogP contribution in [0.4, 0.5) is 17.1 Å². The number of quaternary nitrogens is 1. The SMILES string of the molecule is Cc1cccc(NC(=O)C[NH+](C)CC(=O)Nc2ccc(N3CCCC3=O)cc2)c1C. The molecule has 0 spiro atoms. The maximum absolute atomic E-state index is 12.3. The number of carbonyl (C=O) groups is 3. The van der Waals surface area contributed by atoms with Gasteiger partial charge < -0.3 is 20.4 Å². The zero-order chi connectivity index (χ0) is 21.7. The number of hydrogen-bond donors (Lipinski definition) is 3. The van der Waals surface area contributed by atoms with E-state index >= 15 is 0 Å². The third-order valence-electron chi connectivity index (χ3n) is 5.34. The molecule has 0 bridgehead atoms. The van der Waals surface area contributed by atoms with E-state index < -0.39 is 0 Å². The number of aryl methyl sites for hydroxylation is 1. The van der Waals surface area contributed by atoms with E-state index in [0.717, 1.165) is 40.4 Å². The molecule has 1 unspecified atom stereocenters. The molecule has 3 amide bonds. The van der Waals surface area contributed by atoms with E-state index in [1.165, 1.54) is 0 Å². The summed E-state index contributed by atoms with van der Waals surface area (Å²) in [6.45, 7) is 5.08. The lowest BCUT2D eigenvalue weighted by Gasteiger charge is -2.17. The molecule has 1 aliphatic heterocycles. The molecule has 1 saturated heterocycles. The molecule has 0 saturated carbocycles. The Morgan fingerprint density at radius 2 is 1.67 bits per heavy atom. The van der Waals surface area contributed by atoms with Crippen LogP contribution >= 0.6 is 0 Å². The third kappa shape index (κ3) is 5.45. The lowest BCUT2D eigenvalue weighted by Crippen LogP contribution is -3.11. The first-order chi connectivity index (χ1) is 14.3. The van der Waals surface area contributed by atoms with Crippen LogP contribution in [-0.2, 0) is 14.4 Å². The molecule has 0 aromatic heterocycles. The normalized spacial score (nSPS) is 14.5. The average Bonchev–Trinajstić information content (AvgIpc) is 3.11. The minimum absolute atomic E-state index is 0.131. The highest BCUT2D eigenvalue weighted by Gasteiger charge is 2.21. The Labute approximate surface area is 177 Å². The van der Waals surface area contributed by atoms with E-state index in [9.17, 15) is 14.4 Å². The molecule has 3 rings (SSSR count). The highest BCUT2D eigenvalue weighted by Crippen LogP contribution is 2.23. The van der Waals surface area contributed by atoms with Gasteiger partial charge in [0.05, 0.1) is 7.05 Å². The van der Waals surface area contributed by atoms with Crippen molar-refractivity contribution in [1.82, 2.24) is 0 Å². The number of hydrogen-bond acceptors (Lipinski definition) is 3. The predicted octanol–water partition coefficient (Wildman–Crippen LogP) is 1.52. The molecule has 7 heteroatoms. The molecule has 0 aliphatic carbocycles. The van der Waals surface area contributed by atoms with Gasteiger partial charge in [-0.05, 0) is 61.7 Å². The van der Waals surface area contributed by atoms with Crippen LogP contribution in [0.15, 0.2) is 42.5 Å². The molecule has 1 aliphatic rings. The van der Waals surface area contributed by atoms with Crippen molar-refractivity contribution in [2.45, 2.75) is 26.7 Å². The first kappa shape index (κ1) is 21.5. The van der Waals surface area contributed by atoms with Gasteiger partial charge in [-0.2, -0.15) is 0 Å². The minimum atomic E-state index is -0.169. The van der Waals surface area contributed by atoms with Crippen molar-refractivity contribution < 1.29 is 19.3 Å². The highest BCUT2D eigenvalue weighted by atomic mass is 16.2. The van der Waals surface area contributed by atoms with Gasteiger partial charge in [-0.25, -0.2) is 0 Å². The van der Waals surface area contributed by atoms with Gasteiger partial charge >= 0.3 is 0 Å². The van der Waals surface area contributed by atoms with E-state index in [-0.39, 0.29) is 30.8 Å². The number of anilines is 3. The lowest BCUT2D eigenvalue weighted by molar-refractivity contribution is -0.862. The van der Waals surface area contributed by atoms with Crippen molar-refractivity contribution in [3.63, 3.8) is 0 Å². The van der Waals surface area contributed by atoms with Gasteiger partial charge in [0.1, 0.15) is 0 Å². The first-order valence-electron chi connectivity index (χ1n) is 10.2. The molecule has 1 heterocycles. The Kier molecular flexibility index (Phi) is 6.84. The van der Waals surface area contributed by atoms with E-state index in [0.29, 0.717) is 12.1 Å². The molecule has 2 aromatic carbocycles. The third-order valence-corrected chi connectivity index (χ3v) is 5.34. The Morgan fingerprint density at radius 1 is 1.00 bits per heavy atom. The van der Waals surface area contributed by atoms with Crippen LogP contribution in [-0.4, -0.2) is 44.4 Å². The molecule has 2 aromatic rings. The van der Waals surface area contributed by atoms with Gasteiger partial charge in [0.25, 0.3) is 11.8 Å². The summed E-state index contributed by atoms with van der Waals surface area (Å²) in [7, 11) is 1.81. The fraction of sp³-hybridized carbons (Fsp3) is 0.348. The van der Waals surface area contributed by atoms with Gasteiger partial charge in [0.2, 0.25) is 5.91 Å². The molecular formula is C23H29N4O3+. The summed E-state index contributed by atoms with van der Waals surface area (Å²) in [5.41, 5.74) is 4.48. The highest BCUT2D eigenvalue weighted by molar-refractivity contribution is 5.96. The second kappa shape index (κ2) is 9.54. The van der Waals surface area contributed by atoms with E-state index in [4.69, 9.17) is 0 Å². The molecule has 1 atom stereocenters. The van der Waals surface area contributed by atoms with Crippen molar-refractivity contribution in [2.24, 2.45) is 0 Å². The Balaban J connectivity index is 1.47. The van der Waals surface area contributed by atoms with E-state index in [1.54, 1.807) is 17.0 Å². The Bertz CT molecular complexity index is 940. The maximum Gasteiger partial charge on any atom is 0.279 e. The van der Waals surface area contributed by atoms with Crippen LogP contribution in [0.2, 0.25) is 0 Å². The number of nitrogens with one attached hydrogen (secondary N) is 3. The van der Waals surface area contributed by atoms with Crippen molar-refractivity contribution in [1.29, 1.82) is 0 Å². The van der Waals surface area contributed by atoms with Crippen molar-refractivity contribution >= 4 is 34.8 Å². The smallest absolute Gasteiger partial charge is 0.279 e. The van der Waals surface area contributed by atoms with Crippen molar-refractivity contribution in [3.05, 3.63) is 53.6 Å². The van der Waals surface area contributed by atoms with Crippen molar-refractivity contribution in [3.8, 4) is 0 Å². The van der Waals surface area contributed by atoms with Gasteiger partial charge in [-0.15, -0.1) is 0 Å². The van der Waals surface area contributed by atoms with E-state index in [1.807, 2.05) is 51.2 Å². The predicted molar refractivity (Wildman–Crippen MR) is 118 cm³/mol. The second-order valence-electron chi connectivity index (χ2n) is 7.85. The number of nitrogens with zero attached hydrogens (tertiary/aromatic N) is 1. The van der Waals surface area contributed by atoms with Crippen LogP contribution in [0.25, 0.3) is 0 Å². The van der Waals surface area contributed by atoms with Gasteiger partial charge in [-0.1, -0.05) is 12.1 Å². The molecule has 1 fully saturated rings. The molecule has 3 N–H and O–H groups in total. The van der Waals surface area contributed by atoms with Gasteiger partial charge in [-0.3, -0.25) is 14.4 Å². The number of likely N-dealkylation sites (N-methyl/N-ethyl adjacent to an activating group) is 1. The van der Waals surface area contributed by atoms with Crippen LogP contribution < -0.4 is 20.4 Å². The van der Waals surface area contributed by atoms with Crippen LogP contribution in [0, 0.1) is 13.8 Å². The van der Waals surface area contributed by atoms with E-state index in [2.05, 4.69) is 10.6 Å². The second-order valence-corrected chi connectivity index (χ2v) is 7.85. The number of rotatable bonds is 7. The average molecular weight is 410 g/mol. The number of benzene rings is 2. The fourth-order valence-corrected chi connectivity index (χ4v) is 3.54. The van der Waals surface area contributed by atoms with Gasteiger partial charge in [0, 0.05) is 30.0 Å². The monoisotopic (exact) mass is 409 g/mol. The molecular weight excluding hydrogens is 380 g/mol. The molecule has 0 radical (unpaired) electrons.